The number of aliphatic carboxylic acids is 1. The molecule has 3 nitrogen and oxygen atoms in total. The minimum atomic E-state index is -0.652. The van der Waals surface area contributed by atoms with Gasteiger partial charge >= 0.3 is 5.97 Å². The van der Waals surface area contributed by atoms with Gasteiger partial charge in [-0.1, -0.05) is 25.3 Å². The summed E-state index contributed by atoms with van der Waals surface area (Å²) >= 11 is 0. The summed E-state index contributed by atoms with van der Waals surface area (Å²) in [7, 11) is 0. The molecule has 1 spiro atoms. The lowest BCUT2D eigenvalue weighted by atomic mass is 9.57. The van der Waals surface area contributed by atoms with Crippen molar-refractivity contribution in [2.45, 2.75) is 50.4 Å². The molecule has 2 aliphatic rings. The maximum absolute atomic E-state index is 11.7. The van der Waals surface area contributed by atoms with Crippen molar-refractivity contribution in [1.82, 2.24) is 0 Å². The molecule has 1 aromatic carbocycles. The van der Waals surface area contributed by atoms with Gasteiger partial charge in [0.25, 0.3) is 0 Å². The van der Waals surface area contributed by atoms with Gasteiger partial charge in [-0.05, 0) is 48.9 Å². The number of rotatable bonds is 1. The molecule has 0 heterocycles. The van der Waals surface area contributed by atoms with Crippen molar-refractivity contribution >= 4 is 5.97 Å². The zero-order chi connectivity index (χ0) is 13.5. The van der Waals surface area contributed by atoms with Gasteiger partial charge in [-0.3, -0.25) is 4.79 Å². The van der Waals surface area contributed by atoms with Gasteiger partial charge in [0.15, 0.2) is 0 Å². The average Bonchev–Trinajstić information content (AvgIpc) is 2.39. The van der Waals surface area contributed by atoms with Crippen LogP contribution in [0.4, 0.5) is 0 Å². The molecule has 0 aliphatic heterocycles. The molecule has 1 saturated carbocycles. The molecule has 102 valence electrons. The summed E-state index contributed by atoms with van der Waals surface area (Å²) in [6.07, 6.45) is 6.85. The second-order valence-electron chi connectivity index (χ2n) is 5.99. The number of carboxylic acid groups (broad SMARTS) is 1. The van der Waals surface area contributed by atoms with E-state index in [1.54, 1.807) is 6.07 Å². The third-order valence-electron chi connectivity index (χ3n) is 5.04. The van der Waals surface area contributed by atoms with Crippen molar-refractivity contribution in [3.8, 4) is 5.75 Å². The number of carboxylic acids is 1. The van der Waals surface area contributed by atoms with Gasteiger partial charge in [0.2, 0.25) is 0 Å². The van der Waals surface area contributed by atoms with Crippen LogP contribution in [0.25, 0.3) is 0 Å². The van der Waals surface area contributed by atoms with Crippen LogP contribution in [0.1, 0.15) is 49.7 Å². The van der Waals surface area contributed by atoms with Gasteiger partial charge in [-0.15, -0.1) is 0 Å². The first-order valence-electron chi connectivity index (χ1n) is 7.19. The molecule has 3 heteroatoms. The Morgan fingerprint density at radius 3 is 2.63 bits per heavy atom. The van der Waals surface area contributed by atoms with Crippen LogP contribution >= 0.6 is 0 Å². The van der Waals surface area contributed by atoms with E-state index in [2.05, 4.69) is 0 Å². The zero-order valence-corrected chi connectivity index (χ0v) is 11.1. The van der Waals surface area contributed by atoms with Crippen molar-refractivity contribution in [2.75, 3.05) is 0 Å². The van der Waals surface area contributed by atoms with E-state index < -0.39 is 5.97 Å². The molecule has 0 aromatic heterocycles. The summed E-state index contributed by atoms with van der Waals surface area (Å²) in [5.74, 6) is -0.621. The van der Waals surface area contributed by atoms with E-state index >= 15 is 0 Å². The van der Waals surface area contributed by atoms with Crippen molar-refractivity contribution in [1.29, 1.82) is 0 Å². The molecule has 0 amide bonds. The first-order chi connectivity index (χ1) is 9.13. The molecule has 1 fully saturated rings. The Morgan fingerprint density at radius 1 is 1.21 bits per heavy atom. The van der Waals surface area contributed by atoms with E-state index in [4.69, 9.17) is 0 Å². The maximum Gasteiger partial charge on any atom is 0.307 e. The molecular weight excluding hydrogens is 240 g/mol. The summed E-state index contributed by atoms with van der Waals surface area (Å²) < 4.78 is 0. The van der Waals surface area contributed by atoms with Crippen LogP contribution in [-0.2, 0) is 16.6 Å². The summed E-state index contributed by atoms with van der Waals surface area (Å²) in [5, 5.41) is 19.2. The van der Waals surface area contributed by atoms with Gasteiger partial charge in [0, 0.05) is 5.41 Å². The molecule has 2 N–H and O–H groups in total. The monoisotopic (exact) mass is 260 g/mol. The Hall–Kier alpha value is -1.51. The summed E-state index contributed by atoms with van der Waals surface area (Å²) in [5.41, 5.74) is 2.15. The number of hydrogen-bond donors (Lipinski definition) is 2. The van der Waals surface area contributed by atoms with Crippen LogP contribution in [0.5, 0.6) is 5.75 Å². The zero-order valence-electron chi connectivity index (χ0n) is 11.1. The average molecular weight is 260 g/mol. The number of phenols is 1. The number of hydrogen-bond acceptors (Lipinski definition) is 2. The number of aromatic hydroxyl groups is 1. The first kappa shape index (κ1) is 12.5. The van der Waals surface area contributed by atoms with Crippen LogP contribution < -0.4 is 0 Å². The smallest absolute Gasteiger partial charge is 0.307 e. The highest BCUT2D eigenvalue weighted by Crippen LogP contribution is 2.51. The fourth-order valence-electron chi connectivity index (χ4n) is 4.20. The second-order valence-corrected chi connectivity index (χ2v) is 5.99. The minimum absolute atomic E-state index is 0.189. The lowest BCUT2D eigenvalue weighted by Crippen LogP contribution is -2.45. The van der Waals surface area contributed by atoms with Crippen LogP contribution in [-0.4, -0.2) is 16.2 Å². The normalized spacial score (nSPS) is 24.9. The number of fused-ring (bicyclic) bond motifs is 2. The standard InChI is InChI=1S/C16H20O3/c17-12-5-7-13-11(10-12)4-6-14(15(18)19)16(13)8-2-1-3-9-16/h5,7,10,14,17H,1-4,6,8-9H2,(H,18,19). The minimum Gasteiger partial charge on any atom is -0.508 e. The third kappa shape index (κ3) is 1.92. The lowest BCUT2D eigenvalue weighted by molar-refractivity contribution is -0.145. The van der Waals surface area contributed by atoms with E-state index in [0.717, 1.165) is 37.7 Å². The van der Waals surface area contributed by atoms with Gasteiger partial charge in [0.05, 0.1) is 5.92 Å². The van der Waals surface area contributed by atoms with Crippen molar-refractivity contribution in [2.24, 2.45) is 5.92 Å². The largest absolute Gasteiger partial charge is 0.508 e. The van der Waals surface area contributed by atoms with Gasteiger partial charge in [-0.2, -0.15) is 0 Å². The van der Waals surface area contributed by atoms with E-state index in [9.17, 15) is 15.0 Å². The summed E-state index contributed by atoms with van der Waals surface area (Å²) in [4.78, 5) is 11.7. The van der Waals surface area contributed by atoms with Crippen LogP contribution in [0.3, 0.4) is 0 Å². The molecule has 0 radical (unpaired) electrons. The molecule has 0 bridgehead atoms. The Labute approximate surface area is 113 Å². The maximum atomic E-state index is 11.7. The number of benzene rings is 1. The van der Waals surface area contributed by atoms with E-state index in [1.165, 1.54) is 12.0 Å². The predicted octanol–water partition coefficient (Wildman–Crippen LogP) is 3.24. The number of carbonyl (C=O) groups is 1. The molecular formula is C16H20O3. The predicted molar refractivity (Wildman–Crippen MR) is 72.3 cm³/mol. The number of phenolic OH excluding ortho intramolecular Hbond substituents is 1. The molecule has 19 heavy (non-hydrogen) atoms. The second kappa shape index (κ2) is 4.55. The highest BCUT2D eigenvalue weighted by atomic mass is 16.4. The molecule has 1 unspecified atom stereocenters. The fourth-order valence-corrected chi connectivity index (χ4v) is 4.20. The van der Waals surface area contributed by atoms with E-state index in [0.29, 0.717) is 12.2 Å². The highest BCUT2D eigenvalue weighted by molar-refractivity contribution is 5.73. The fraction of sp³-hybridized carbons (Fsp3) is 0.562. The Balaban J connectivity index is 2.12. The highest BCUT2D eigenvalue weighted by Gasteiger charge is 2.48. The third-order valence-corrected chi connectivity index (χ3v) is 5.04. The lowest BCUT2D eigenvalue weighted by Gasteiger charge is -2.46. The van der Waals surface area contributed by atoms with Crippen LogP contribution in [0.15, 0.2) is 18.2 Å². The summed E-state index contributed by atoms with van der Waals surface area (Å²) in [6.45, 7) is 0. The van der Waals surface area contributed by atoms with E-state index in [-0.39, 0.29) is 11.3 Å². The first-order valence-corrected chi connectivity index (χ1v) is 7.19. The van der Waals surface area contributed by atoms with Gasteiger partial charge in [0.1, 0.15) is 5.75 Å². The quantitative estimate of drug-likeness (QED) is 0.815. The van der Waals surface area contributed by atoms with Crippen LogP contribution in [0.2, 0.25) is 0 Å². The SMILES string of the molecule is O=C(O)C1CCc2cc(O)ccc2C12CCCCC2. The van der Waals surface area contributed by atoms with E-state index in [1.807, 2.05) is 12.1 Å². The Kier molecular flexibility index (Phi) is 3.00. The van der Waals surface area contributed by atoms with Crippen molar-refractivity contribution < 1.29 is 15.0 Å². The number of aryl methyl sites for hydroxylation is 1. The Morgan fingerprint density at radius 2 is 1.95 bits per heavy atom. The molecule has 1 atom stereocenters. The molecule has 2 aliphatic carbocycles. The Bertz CT molecular complexity index is 501. The van der Waals surface area contributed by atoms with Crippen molar-refractivity contribution in [3.63, 3.8) is 0 Å². The summed E-state index contributed by atoms with van der Waals surface area (Å²) in [6, 6.07) is 5.49. The van der Waals surface area contributed by atoms with Gasteiger partial charge in [-0.25, -0.2) is 0 Å². The van der Waals surface area contributed by atoms with Gasteiger partial charge < -0.3 is 10.2 Å². The topological polar surface area (TPSA) is 57.5 Å². The van der Waals surface area contributed by atoms with Crippen LogP contribution in [0, 0.1) is 5.92 Å². The molecule has 0 saturated heterocycles. The molecule has 3 rings (SSSR count). The molecule has 1 aromatic rings. The van der Waals surface area contributed by atoms with Crippen molar-refractivity contribution in [3.05, 3.63) is 29.3 Å².